The second kappa shape index (κ2) is 5.18. The number of nitrogens with zero attached hydrogens (tertiary/aromatic N) is 1. The molecule has 15 heavy (non-hydrogen) atoms. The molecule has 2 heterocycles. The molecule has 4 nitrogen and oxygen atoms in total. The number of hydrogen-bond acceptors (Lipinski definition) is 2. The monoisotopic (exact) mass is 341 g/mol. The number of aromatic amines is 1. The van der Waals surface area contributed by atoms with Crippen LogP contribution < -0.4 is 5.73 Å². The number of carbonyl (C=O) groups excluding carboxylic acids is 1. The van der Waals surface area contributed by atoms with E-state index in [2.05, 4.69) is 27.6 Å². The lowest BCUT2D eigenvalue weighted by atomic mass is 10.3. The summed E-state index contributed by atoms with van der Waals surface area (Å²) in [6.07, 6.45) is 2.73. The highest BCUT2D eigenvalue weighted by Gasteiger charge is 2.25. The van der Waals surface area contributed by atoms with Crippen LogP contribution in [0.25, 0.3) is 0 Å². The number of likely N-dealkylation sites (tertiary alicyclic amines) is 1. The number of amides is 1. The zero-order valence-electron chi connectivity index (χ0n) is 8.07. The summed E-state index contributed by atoms with van der Waals surface area (Å²) in [6.45, 7) is 1.45. The molecule has 0 bridgehead atoms. The van der Waals surface area contributed by atoms with Crippen molar-refractivity contribution in [2.45, 2.75) is 12.5 Å². The van der Waals surface area contributed by atoms with Gasteiger partial charge in [0.2, 0.25) is 0 Å². The molecule has 3 N–H and O–H groups in total. The van der Waals surface area contributed by atoms with Crippen molar-refractivity contribution in [3.8, 4) is 0 Å². The molecule has 84 valence electrons. The number of aromatic nitrogens is 1. The van der Waals surface area contributed by atoms with E-state index in [4.69, 9.17) is 5.73 Å². The minimum Gasteiger partial charge on any atom is -0.356 e. The van der Waals surface area contributed by atoms with Crippen molar-refractivity contribution in [1.29, 1.82) is 0 Å². The Labute approximate surface area is 108 Å². The minimum atomic E-state index is 0. The molecule has 1 aliphatic rings. The minimum absolute atomic E-state index is 0. The van der Waals surface area contributed by atoms with Gasteiger partial charge in [-0.2, -0.15) is 0 Å². The van der Waals surface area contributed by atoms with Gasteiger partial charge in [-0.3, -0.25) is 4.79 Å². The van der Waals surface area contributed by atoms with Gasteiger partial charge in [0.15, 0.2) is 0 Å². The summed E-state index contributed by atoms with van der Waals surface area (Å²) in [6, 6.07) is 2.00. The fourth-order valence-corrected chi connectivity index (χ4v) is 2.10. The van der Waals surface area contributed by atoms with Crippen LogP contribution in [0.4, 0.5) is 0 Å². The quantitative estimate of drug-likeness (QED) is 0.754. The molecule has 0 saturated carbocycles. The summed E-state index contributed by atoms with van der Waals surface area (Å²) in [7, 11) is 0. The maximum Gasteiger partial charge on any atom is 0.270 e. The van der Waals surface area contributed by atoms with Crippen molar-refractivity contribution < 1.29 is 4.79 Å². The fourth-order valence-electron chi connectivity index (χ4n) is 1.63. The first kappa shape index (κ1) is 12.8. The number of carbonyl (C=O) groups is 1. The third-order valence-corrected chi connectivity index (χ3v) is 3.01. The SMILES string of the molecule is Cl.NC1CCN(C(=O)c2cc(I)c[nH]2)C1. The van der Waals surface area contributed by atoms with Crippen molar-refractivity contribution in [3.63, 3.8) is 0 Å². The average Bonchev–Trinajstić information content (AvgIpc) is 2.73. The number of nitrogens with one attached hydrogen (secondary N) is 1. The van der Waals surface area contributed by atoms with Gasteiger partial charge in [-0.25, -0.2) is 0 Å². The van der Waals surface area contributed by atoms with Gasteiger partial charge in [0.25, 0.3) is 5.91 Å². The number of nitrogens with two attached hydrogens (primary N) is 1. The van der Waals surface area contributed by atoms with Gasteiger partial charge >= 0.3 is 0 Å². The molecule has 6 heteroatoms. The second-order valence-corrected chi connectivity index (χ2v) is 4.78. The van der Waals surface area contributed by atoms with Crippen LogP contribution in [0.1, 0.15) is 16.9 Å². The normalized spacial score (nSPS) is 20.1. The Kier molecular flexibility index (Phi) is 4.42. The first-order valence-electron chi connectivity index (χ1n) is 4.55. The van der Waals surface area contributed by atoms with Crippen LogP contribution in [-0.4, -0.2) is 34.9 Å². The van der Waals surface area contributed by atoms with Gasteiger partial charge in [-0.15, -0.1) is 12.4 Å². The molecule has 1 aromatic heterocycles. The van der Waals surface area contributed by atoms with E-state index in [1.165, 1.54) is 0 Å². The lowest BCUT2D eigenvalue weighted by Gasteiger charge is -2.14. The zero-order valence-corrected chi connectivity index (χ0v) is 11.0. The molecule has 1 saturated heterocycles. The highest BCUT2D eigenvalue weighted by molar-refractivity contribution is 14.1. The number of rotatable bonds is 1. The number of halogens is 2. The van der Waals surface area contributed by atoms with Gasteiger partial charge in [-0.05, 0) is 35.1 Å². The molecule has 1 aromatic rings. The zero-order chi connectivity index (χ0) is 10.1. The molecule has 0 aromatic carbocycles. The molecule has 0 aliphatic carbocycles. The highest BCUT2D eigenvalue weighted by atomic mass is 127. The van der Waals surface area contributed by atoms with Gasteiger partial charge in [-0.1, -0.05) is 0 Å². The van der Waals surface area contributed by atoms with Crippen molar-refractivity contribution in [1.82, 2.24) is 9.88 Å². The predicted octanol–water partition coefficient (Wildman–Crippen LogP) is 1.21. The molecule has 0 radical (unpaired) electrons. The lowest BCUT2D eigenvalue weighted by molar-refractivity contribution is 0.0786. The van der Waals surface area contributed by atoms with E-state index in [1.54, 1.807) is 4.90 Å². The third-order valence-electron chi connectivity index (χ3n) is 2.39. The van der Waals surface area contributed by atoms with Gasteiger partial charge in [0.05, 0.1) is 0 Å². The molecule has 1 aliphatic heterocycles. The van der Waals surface area contributed by atoms with Crippen LogP contribution in [0.3, 0.4) is 0 Å². The first-order valence-corrected chi connectivity index (χ1v) is 5.63. The molecular weight excluding hydrogens is 328 g/mol. The standard InChI is InChI=1S/C9H12IN3O.ClH/c10-6-3-8(12-4-6)9(14)13-2-1-7(11)5-13;/h3-4,7,12H,1-2,5,11H2;1H. The van der Waals surface area contributed by atoms with Crippen molar-refractivity contribution in [3.05, 3.63) is 21.5 Å². The molecule has 1 amide bonds. The van der Waals surface area contributed by atoms with Crippen molar-refractivity contribution >= 4 is 40.9 Å². The Morgan fingerprint density at radius 1 is 1.67 bits per heavy atom. The fraction of sp³-hybridized carbons (Fsp3) is 0.444. The van der Waals surface area contributed by atoms with Gasteiger partial charge in [0, 0.05) is 28.9 Å². The Balaban J connectivity index is 0.00000112. The van der Waals surface area contributed by atoms with Crippen LogP contribution in [-0.2, 0) is 0 Å². The molecule has 2 rings (SSSR count). The maximum absolute atomic E-state index is 11.8. The topological polar surface area (TPSA) is 62.1 Å². The lowest BCUT2D eigenvalue weighted by Crippen LogP contribution is -2.32. The summed E-state index contributed by atoms with van der Waals surface area (Å²) in [5.41, 5.74) is 6.40. The predicted molar refractivity (Wildman–Crippen MR) is 69.3 cm³/mol. The summed E-state index contributed by atoms with van der Waals surface area (Å²) in [5, 5.41) is 0. The van der Waals surface area contributed by atoms with E-state index in [0.29, 0.717) is 12.2 Å². The van der Waals surface area contributed by atoms with E-state index in [9.17, 15) is 4.79 Å². The van der Waals surface area contributed by atoms with Crippen LogP contribution >= 0.6 is 35.0 Å². The van der Waals surface area contributed by atoms with Crippen molar-refractivity contribution in [2.24, 2.45) is 5.73 Å². The van der Waals surface area contributed by atoms with Gasteiger partial charge in [0.1, 0.15) is 5.69 Å². The maximum atomic E-state index is 11.8. The number of H-pyrrole nitrogens is 1. The Hall–Kier alpha value is -0.270. The molecule has 1 unspecified atom stereocenters. The second-order valence-electron chi connectivity index (χ2n) is 3.53. The molecular formula is C9H13ClIN3O. The first-order chi connectivity index (χ1) is 6.66. The van der Waals surface area contributed by atoms with Gasteiger partial charge < -0.3 is 15.6 Å². The smallest absolute Gasteiger partial charge is 0.270 e. The molecule has 1 atom stereocenters. The third kappa shape index (κ3) is 2.85. The molecule has 1 fully saturated rings. The van der Waals surface area contributed by atoms with E-state index < -0.39 is 0 Å². The van der Waals surface area contributed by atoms with E-state index in [1.807, 2.05) is 12.3 Å². The Bertz CT molecular complexity index is 355. The largest absolute Gasteiger partial charge is 0.356 e. The van der Waals surface area contributed by atoms with Crippen LogP contribution in [0.5, 0.6) is 0 Å². The number of hydrogen-bond donors (Lipinski definition) is 2. The average molecular weight is 342 g/mol. The Morgan fingerprint density at radius 2 is 2.40 bits per heavy atom. The Morgan fingerprint density at radius 3 is 2.87 bits per heavy atom. The summed E-state index contributed by atoms with van der Waals surface area (Å²) in [5.74, 6) is 0.0564. The van der Waals surface area contributed by atoms with E-state index in [-0.39, 0.29) is 24.4 Å². The highest BCUT2D eigenvalue weighted by Crippen LogP contribution is 2.13. The summed E-state index contributed by atoms with van der Waals surface area (Å²) >= 11 is 2.17. The molecule has 0 spiro atoms. The summed E-state index contributed by atoms with van der Waals surface area (Å²) in [4.78, 5) is 16.6. The summed E-state index contributed by atoms with van der Waals surface area (Å²) < 4.78 is 1.05. The van der Waals surface area contributed by atoms with Crippen LogP contribution in [0, 0.1) is 3.57 Å². The van der Waals surface area contributed by atoms with Crippen molar-refractivity contribution in [2.75, 3.05) is 13.1 Å². The van der Waals surface area contributed by atoms with Crippen LogP contribution in [0.15, 0.2) is 12.3 Å². The van der Waals surface area contributed by atoms with E-state index in [0.717, 1.165) is 16.5 Å². The van der Waals surface area contributed by atoms with Crippen LogP contribution in [0.2, 0.25) is 0 Å². The van der Waals surface area contributed by atoms with E-state index >= 15 is 0 Å².